The number of rotatable bonds is 0. The SMILES string of the molecule is CC1(C)OC[C@H]2C[C@H](O)CCN21. The second-order valence-corrected chi connectivity index (χ2v) is 4.28. The van der Waals surface area contributed by atoms with Gasteiger partial charge in [0, 0.05) is 12.6 Å². The van der Waals surface area contributed by atoms with Crippen LogP contribution in [0.1, 0.15) is 26.7 Å². The lowest BCUT2D eigenvalue weighted by atomic mass is 9.99. The number of nitrogens with zero attached hydrogens (tertiary/aromatic N) is 1. The van der Waals surface area contributed by atoms with Crippen molar-refractivity contribution in [3.63, 3.8) is 0 Å². The third-order valence-corrected chi connectivity index (χ3v) is 3.01. The standard InChI is InChI=1S/C9H17NO2/c1-9(2)10-4-3-8(11)5-7(10)6-12-9/h7-8,11H,3-6H2,1-2H3/t7-,8-/m1/s1. The molecule has 3 heteroatoms. The molecule has 0 saturated carbocycles. The van der Waals surface area contributed by atoms with Crippen LogP contribution in [0.5, 0.6) is 0 Å². The van der Waals surface area contributed by atoms with E-state index >= 15 is 0 Å². The number of ether oxygens (including phenoxy) is 1. The van der Waals surface area contributed by atoms with Gasteiger partial charge in [0.25, 0.3) is 0 Å². The molecular weight excluding hydrogens is 154 g/mol. The summed E-state index contributed by atoms with van der Waals surface area (Å²) in [4.78, 5) is 2.36. The summed E-state index contributed by atoms with van der Waals surface area (Å²) in [7, 11) is 0. The zero-order chi connectivity index (χ0) is 8.77. The smallest absolute Gasteiger partial charge is 0.116 e. The van der Waals surface area contributed by atoms with Gasteiger partial charge in [-0.1, -0.05) is 0 Å². The Bertz CT molecular complexity index is 181. The third kappa shape index (κ3) is 1.26. The molecule has 0 aliphatic carbocycles. The molecular formula is C9H17NO2. The number of aliphatic hydroxyl groups excluding tert-OH is 1. The Balaban J connectivity index is 2.08. The maximum Gasteiger partial charge on any atom is 0.116 e. The Morgan fingerprint density at radius 1 is 1.50 bits per heavy atom. The zero-order valence-electron chi connectivity index (χ0n) is 7.79. The first kappa shape index (κ1) is 8.48. The van der Waals surface area contributed by atoms with Gasteiger partial charge in [-0.05, 0) is 26.7 Å². The van der Waals surface area contributed by atoms with Crippen molar-refractivity contribution in [3.8, 4) is 0 Å². The third-order valence-electron chi connectivity index (χ3n) is 3.01. The van der Waals surface area contributed by atoms with Gasteiger partial charge in [-0.25, -0.2) is 0 Å². The first-order chi connectivity index (χ1) is 5.59. The Hall–Kier alpha value is -0.120. The van der Waals surface area contributed by atoms with Gasteiger partial charge >= 0.3 is 0 Å². The van der Waals surface area contributed by atoms with Crippen LogP contribution in [-0.4, -0.2) is 41.0 Å². The average Bonchev–Trinajstić information content (AvgIpc) is 2.27. The number of hydrogen-bond acceptors (Lipinski definition) is 3. The molecule has 2 fully saturated rings. The fraction of sp³-hybridized carbons (Fsp3) is 1.00. The van der Waals surface area contributed by atoms with Crippen LogP contribution in [0.4, 0.5) is 0 Å². The molecule has 3 nitrogen and oxygen atoms in total. The normalized spacial score (nSPS) is 41.2. The minimum Gasteiger partial charge on any atom is -0.393 e. The minimum atomic E-state index is -0.108. The Labute approximate surface area is 73.3 Å². The topological polar surface area (TPSA) is 32.7 Å². The average molecular weight is 171 g/mol. The van der Waals surface area contributed by atoms with Crippen molar-refractivity contribution in [1.82, 2.24) is 4.90 Å². The highest BCUT2D eigenvalue weighted by Gasteiger charge is 2.43. The van der Waals surface area contributed by atoms with E-state index in [2.05, 4.69) is 18.7 Å². The summed E-state index contributed by atoms with van der Waals surface area (Å²) < 4.78 is 5.65. The second-order valence-electron chi connectivity index (χ2n) is 4.28. The predicted molar refractivity (Wildman–Crippen MR) is 45.8 cm³/mol. The fourth-order valence-corrected chi connectivity index (χ4v) is 2.28. The maximum absolute atomic E-state index is 9.44. The van der Waals surface area contributed by atoms with Crippen LogP contribution in [0.2, 0.25) is 0 Å². The highest BCUT2D eigenvalue weighted by atomic mass is 16.5. The molecule has 0 bridgehead atoms. The van der Waals surface area contributed by atoms with Crippen molar-refractivity contribution in [3.05, 3.63) is 0 Å². The lowest BCUT2D eigenvalue weighted by Gasteiger charge is -2.38. The molecule has 0 amide bonds. The van der Waals surface area contributed by atoms with Gasteiger partial charge in [-0.2, -0.15) is 0 Å². The number of hydrogen-bond donors (Lipinski definition) is 1. The van der Waals surface area contributed by atoms with E-state index in [-0.39, 0.29) is 11.8 Å². The van der Waals surface area contributed by atoms with E-state index in [1.54, 1.807) is 0 Å². The lowest BCUT2D eigenvalue weighted by Crippen LogP contribution is -2.49. The van der Waals surface area contributed by atoms with Gasteiger partial charge in [-0.15, -0.1) is 0 Å². The van der Waals surface area contributed by atoms with Crippen LogP contribution in [0.15, 0.2) is 0 Å². The Morgan fingerprint density at radius 3 is 3.00 bits per heavy atom. The summed E-state index contributed by atoms with van der Waals surface area (Å²) in [5.41, 5.74) is -0.106. The van der Waals surface area contributed by atoms with Crippen molar-refractivity contribution >= 4 is 0 Å². The monoisotopic (exact) mass is 171 g/mol. The lowest BCUT2D eigenvalue weighted by molar-refractivity contribution is -0.0674. The van der Waals surface area contributed by atoms with E-state index in [9.17, 15) is 5.11 Å². The molecule has 2 atom stereocenters. The van der Waals surface area contributed by atoms with E-state index in [4.69, 9.17) is 4.74 Å². The van der Waals surface area contributed by atoms with E-state index in [1.807, 2.05) is 0 Å². The summed E-state index contributed by atoms with van der Waals surface area (Å²) in [5.74, 6) is 0. The highest BCUT2D eigenvalue weighted by Crippen LogP contribution is 2.32. The van der Waals surface area contributed by atoms with Crippen molar-refractivity contribution in [1.29, 1.82) is 0 Å². The van der Waals surface area contributed by atoms with Crippen molar-refractivity contribution in [2.75, 3.05) is 13.2 Å². The van der Waals surface area contributed by atoms with Crippen molar-refractivity contribution in [2.24, 2.45) is 0 Å². The summed E-state index contributed by atoms with van der Waals surface area (Å²) in [5, 5.41) is 9.44. The van der Waals surface area contributed by atoms with Crippen LogP contribution in [0, 0.1) is 0 Å². The van der Waals surface area contributed by atoms with Gasteiger partial charge in [-0.3, -0.25) is 4.90 Å². The summed E-state index contributed by atoms with van der Waals surface area (Å²) >= 11 is 0. The van der Waals surface area contributed by atoms with Gasteiger partial charge in [0.15, 0.2) is 0 Å². The molecule has 2 rings (SSSR count). The first-order valence-corrected chi connectivity index (χ1v) is 4.68. The van der Waals surface area contributed by atoms with Crippen LogP contribution in [0.25, 0.3) is 0 Å². The van der Waals surface area contributed by atoms with Crippen molar-refractivity contribution in [2.45, 2.75) is 44.6 Å². The Kier molecular flexibility index (Phi) is 1.90. The molecule has 0 aromatic heterocycles. The van der Waals surface area contributed by atoms with Crippen LogP contribution in [0.3, 0.4) is 0 Å². The van der Waals surface area contributed by atoms with E-state index in [1.165, 1.54) is 0 Å². The first-order valence-electron chi connectivity index (χ1n) is 4.68. The number of aliphatic hydroxyl groups is 1. The molecule has 0 radical (unpaired) electrons. The number of piperidine rings is 1. The summed E-state index contributed by atoms with van der Waals surface area (Å²) in [6.07, 6.45) is 1.66. The Morgan fingerprint density at radius 2 is 2.25 bits per heavy atom. The van der Waals surface area contributed by atoms with Crippen LogP contribution < -0.4 is 0 Å². The molecule has 70 valence electrons. The molecule has 1 N–H and O–H groups in total. The minimum absolute atomic E-state index is 0.106. The van der Waals surface area contributed by atoms with E-state index in [0.717, 1.165) is 26.0 Å². The molecule has 0 aromatic rings. The number of fused-ring (bicyclic) bond motifs is 1. The molecule has 0 aromatic carbocycles. The largest absolute Gasteiger partial charge is 0.393 e. The molecule has 2 heterocycles. The van der Waals surface area contributed by atoms with E-state index in [0.29, 0.717) is 6.04 Å². The van der Waals surface area contributed by atoms with Crippen LogP contribution in [-0.2, 0) is 4.74 Å². The quantitative estimate of drug-likeness (QED) is 0.578. The van der Waals surface area contributed by atoms with Crippen molar-refractivity contribution < 1.29 is 9.84 Å². The maximum atomic E-state index is 9.44. The predicted octanol–water partition coefficient (Wildman–Crippen LogP) is 0.578. The highest BCUT2D eigenvalue weighted by molar-refractivity contribution is 4.91. The second kappa shape index (κ2) is 2.69. The van der Waals surface area contributed by atoms with Gasteiger partial charge in [0.1, 0.15) is 5.72 Å². The fourth-order valence-electron chi connectivity index (χ4n) is 2.28. The molecule has 0 spiro atoms. The molecule has 2 saturated heterocycles. The summed E-state index contributed by atoms with van der Waals surface area (Å²) in [6, 6.07) is 0.448. The molecule has 2 aliphatic heterocycles. The van der Waals surface area contributed by atoms with Gasteiger partial charge < -0.3 is 9.84 Å². The van der Waals surface area contributed by atoms with Gasteiger partial charge in [0.05, 0.1) is 12.7 Å². The molecule has 12 heavy (non-hydrogen) atoms. The zero-order valence-corrected chi connectivity index (χ0v) is 7.79. The molecule has 0 unspecified atom stereocenters. The van der Waals surface area contributed by atoms with Crippen LogP contribution >= 0.6 is 0 Å². The molecule has 2 aliphatic rings. The van der Waals surface area contributed by atoms with E-state index < -0.39 is 0 Å². The van der Waals surface area contributed by atoms with Gasteiger partial charge in [0.2, 0.25) is 0 Å². The summed E-state index contributed by atoms with van der Waals surface area (Å²) in [6.45, 7) is 5.96.